The highest BCUT2D eigenvalue weighted by molar-refractivity contribution is 5.79. The van der Waals surface area contributed by atoms with Crippen LogP contribution in [0.3, 0.4) is 0 Å². The fourth-order valence-corrected chi connectivity index (χ4v) is 5.11. The Labute approximate surface area is 219 Å². The Balaban J connectivity index is 1.09. The topological polar surface area (TPSA) is 61.8 Å². The number of rotatable bonds is 7. The van der Waals surface area contributed by atoms with Crippen LogP contribution in [0.2, 0.25) is 0 Å². The highest BCUT2D eigenvalue weighted by atomic mass is 16.5. The van der Waals surface area contributed by atoms with E-state index in [4.69, 9.17) is 4.74 Å². The largest absolute Gasteiger partial charge is 0.497 e. The zero-order chi connectivity index (χ0) is 25.5. The van der Waals surface area contributed by atoms with Crippen molar-refractivity contribution in [2.75, 3.05) is 57.8 Å². The predicted octanol–water partition coefficient (Wildman–Crippen LogP) is 4.23. The number of amides is 1. The average molecular weight is 498 g/mol. The van der Waals surface area contributed by atoms with Crippen LogP contribution in [0.5, 0.6) is 5.75 Å². The molecule has 5 rings (SSSR count). The molecule has 2 saturated heterocycles. The van der Waals surface area contributed by atoms with Crippen LogP contribution in [0.25, 0.3) is 17.3 Å². The lowest BCUT2D eigenvalue weighted by atomic mass is 9.95. The van der Waals surface area contributed by atoms with Crippen LogP contribution < -0.4 is 9.64 Å². The Morgan fingerprint density at radius 1 is 0.946 bits per heavy atom. The Kier molecular flexibility index (Phi) is 8.11. The van der Waals surface area contributed by atoms with Gasteiger partial charge in [-0.05, 0) is 42.7 Å². The monoisotopic (exact) mass is 497 g/mol. The van der Waals surface area contributed by atoms with Crippen molar-refractivity contribution in [3.05, 3.63) is 78.6 Å². The van der Waals surface area contributed by atoms with E-state index >= 15 is 0 Å². The van der Waals surface area contributed by atoms with Gasteiger partial charge in [0.05, 0.1) is 12.8 Å². The van der Waals surface area contributed by atoms with Gasteiger partial charge in [-0.1, -0.05) is 42.5 Å². The lowest BCUT2D eigenvalue weighted by Gasteiger charge is -2.38. The summed E-state index contributed by atoms with van der Waals surface area (Å²) in [7, 11) is 1.66. The quantitative estimate of drug-likeness (QED) is 0.487. The van der Waals surface area contributed by atoms with Crippen LogP contribution >= 0.6 is 0 Å². The second kappa shape index (κ2) is 12.0. The maximum absolute atomic E-state index is 13.2. The minimum absolute atomic E-state index is 0.101. The van der Waals surface area contributed by atoms with Gasteiger partial charge in [0.15, 0.2) is 0 Å². The number of carbonyl (C=O) groups excluding carboxylic acids is 1. The number of aromatic nitrogens is 2. The summed E-state index contributed by atoms with van der Waals surface area (Å²) in [4.78, 5) is 29.0. The normalized spacial score (nSPS) is 17.3. The summed E-state index contributed by atoms with van der Waals surface area (Å²) in [6.07, 6.45) is 7.74. The fourth-order valence-electron chi connectivity index (χ4n) is 5.11. The van der Waals surface area contributed by atoms with Crippen molar-refractivity contribution in [2.24, 2.45) is 5.92 Å². The molecule has 7 heteroatoms. The van der Waals surface area contributed by atoms with Gasteiger partial charge < -0.3 is 14.5 Å². The molecule has 37 heavy (non-hydrogen) atoms. The number of hydrogen-bond donors (Lipinski definition) is 0. The van der Waals surface area contributed by atoms with Crippen LogP contribution in [0.15, 0.2) is 73.1 Å². The van der Waals surface area contributed by atoms with Gasteiger partial charge >= 0.3 is 0 Å². The lowest BCUT2D eigenvalue weighted by Crippen LogP contribution is -2.51. The van der Waals surface area contributed by atoms with Crippen molar-refractivity contribution < 1.29 is 9.53 Å². The van der Waals surface area contributed by atoms with Gasteiger partial charge in [-0.2, -0.15) is 0 Å². The second-order valence-corrected chi connectivity index (χ2v) is 9.69. The third-order valence-electron chi connectivity index (χ3n) is 7.36. The lowest BCUT2D eigenvalue weighted by molar-refractivity contribution is -0.137. The van der Waals surface area contributed by atoms with Gasteiger partial charge in [0.1, 0.15) is 17.9 Å². The predicted molar refractivity (Wildman–Crippen MR) is 147 cm³/mol. The van der Waals surface area contributed by atoms with E-state index in [9.17, 15) is 4.79 Å². The van der Waals surface area contributed by atoms with E-state index in [1.165, 1.54) is 5.56 Å². The molecule has 2 aromatic carbocycles. The first-order valence-electron chi connectivity index (χ1n) is 13.1. The molecular formula is C30H35N5O2. The third-order valence-corrected chi connectivity index (χ3v) is 7.36. The first-order valence-corrected chi connectivity index (χ1v) is 13.1. The average Bonchev–Trinajstić information content (AvgIpc) is 2.98. The van der Waals surface area contributed by atoms with Gasteiger partial charge in [0.2, 0.25) is 5.91 Å². The molecule has 2 aliphatic heterocycles. The molecule has 2 fully saturated rings. The standard InChI is InChI=1S/C30H35N5O2/c1-37-27-11-9-25(10-12-27)28-22-29(32-23-31-28)34-16-13-26(14-17-34)30(36)35-20-18-33(19-21-35)15-5-8-24-6-3-2-4-7-24/h2-12,22-23,26H,13-21H2,1H3/b8-5+. The summed E-state index contributed by atoms with van der Waals surface area (Å²) in [6, 6.07) is 20.3. The molecule has 7 nitrogen and oxygen atoms in total. The number of carbonyl (C=O) groups is 1. The number of piperidine rings is 1. The van der Waals surface area contributed by atoms with E-state index in [-0.39, 0.29) is 5.92 Å². The first kappa shape index (κ1) is 25.0. The zero-order valence-electron chi connectivity index (χ0n) is 21.5. The Morgan fingerprint density at radius 2 is 1.68 bits per heavy atom. The number of benzene rings is 2. The van der Waals surface area contributed by atoms with Gasteiger partial charge in [-0.25, -0.2) is 9.97 Å². The zero-order valence-corrected chi connectivity index (χ0v) is 21.5. The highest BCUT2D eigenvalue weighted by Gasteiger charge is 2.30. The first-order chi connectivity index (χ1) is 18.2. The van der Waals surface area contributed by atoms with E-state index in [1.54, 1.807) is 13.4 Å². The second-order valence-electron chi connectivity index (χ2n) is 9.69. The maximum Gasteiger partial charge on any atom is 0.225 e. The highest BCUT2D eigenvalue weighted by Crippen LogP contribution is 2.27. The Hall–Kier alpha value is -3.71. The van der Waals surface area contributed by atoms with E-state index in [0.29, 0.717) is 5.91 Å². The van der Waals surface area contributed by atoms with Crippen LogP contribution in [0.4, 0.5) is 5.82 Å². The van der Waals surface area contributed by atoms with Crippen molar-refractivity contribution in [3.63, 3.8) is 0 Å². The number of anilines is 1. The van der Waals surface area contributed by atoms with E-state index in [0.717, 1.165) is 81.5 Å². The molecule has 192 valence electrons. The van der Waals surface area contributed by atoms with E-state index in [2.05, 4.69) is 61.1 Å². The number of methoxy groups -OCH3 is 1. The van der Waals surface area contributed by atoms with Gasteiger partial charge in [-0.15, -0.1) is 0 Å². The smallest absolute Gasteiger partial charge is 0.225 e. The van der Waals surface area contributed by atoms with E-state index < -0.39 is 0 Å². The van der Waals surface area contributed by atoms with E-state index in [1.807, 2.05) is 36.4 Å². The molecule has 0 saturated carbocycles. The Bertz CT molecular complexity index is 1180. The SMILES string of the molecule is COc1ccc(-c2cc(N3CCC(C(=O)N4CCN(C/C=C/c5ccccc5)CC4)CC3)ncn2)cc1. The van der Waals surface area contributed by atoms with Crippen LogP contribution in [-0.2, 0) is 4.79 Å². The third kappa shape index (κ3) is 6.35. The molecule has 3 heterocycles. The Morgan fingerprint density at radius 3 is 2.38 bits per heavy atom. The number of piperazine rings is 1. The molecular weight excluding hydrogens is 462 g/mol. The van der Waals surface area contributed by atoms with Gasteiger partial charge in [0.25, 0.3) is 0 Å². The van der Waals surface area contributed by atoms with Crippen molar-refractivity contribution >= 4 is 17.8 Å². The molecule has 2 aliphatic rings. The molecule has 0 bridgehead atoms. The minimum atomic E-state index is 0.101. The van der Waals surface area contributed by atoms with Crippen LogP contribution in [0, 0.1) is 5.92 Å². The summed E-state index contributed by atoms with van der Waals surface area (Å²) in [5.74, 6) is 2.17. The van der Waals surface area contributed by atoms with Crippen LogP contribution in [0.1, 0.15) is 18.4 Å². The summed E-state index contributed by atoms with van der Waals surface area (Å²) >= 11 is 0. The van der Waals surface area contributed by atoms with Crippen molar-refractivity contribution in [1.82, 2.24) is 19.8 Å². The minimum Gasteiger partial charge on any atom is -0.497 e. The molecule has 1 amide bonds. The molecule has 0 radical (unpaired) electrons. The van der Waals surface area contributed by atoms with Crippen LogP contribution in [-0.4, -0.2) is 78.6 Å². The molecule has 0 atom stereocenters. The van der Waals surface area contributed by atoms with Crippen molar-refractivity contribution in [3.8, 4) is 17.0 Å². The number of ether oxygens (including phenoxy) is 1. The number of nitrogens with zero attached hydrogens (tertiary/aromatic N) is 5. The summed E-state index contributed by atoms with van der Waals surface area (Å²) in [5.41, 5.74) is 3.15. The van der Waals surface area contributed by atoms with Gasteiger partial charge in [-0.3, -0.25) is 9.69 Å². The molecule has 0 N–H and O–H groups in total. The molecule has 0 aliphatic carbocycles. The fraction of sp³-hybridized carbons (Fsp3) is 0.367. The van der Waals surface area contributed by atoms with Crippen molar-refractivity contribution in [1.29, 1.82) is 0 Å². The summed E-state index contributed by atoms with van der Waals surface area (Å²) in [5, 5.41) is 0. The molecule has 3 aromatic rings. The molecule has 0 spiro atoms. The van der Waals surface area contributed by atoms with Crippen molar-refractivity contribution in [2.45, 2.75) is 12.8 Å². The van der Waals surface area contributed by atoms with Gasteiger partial charge in [0, 0.05) is 63.4 Å². The summed E-state index contributed by atoms with van der Waals surface area (Å²) in [6.45, 7) is 6.08. The maximum atomic E-state index is 13.2. The number of hydrogen-bond acceptors (Lipinski definition) is 6. The molecule has 1 aromatic heterocycles. The molecule has 0 unspecified atom stereocenters. The summed E-state index contributed by atoms with van der Waals surface area (Å²) < 4.78 is 5.26.